The molecule has 1 N–H and O–H groups in total. The van der Waals surface area contributed by atoms with Gasteiger partial charge in [-0.3, -0.25) is 9.59 Å². The first-order chi connectivity index (χ1) is 13.7. The van der Waals surface area contributed by atoms with E-state index in [0.717, 1.165) is 11.1 Å². The molecule has 29 heavy (non-hydrogen) atoms. The second-order valence-corrected chi connectivity index (χ2v) is 7.52. The van der Waals surface area contributed by atoms with Crippen molar-refractivity contribution in [2.75, 3.05) is 13.2 Å². The van der Waals surface area contributed by atoms with Gasteiger partial charge in [-0.25, -0.2) is 4.79 Å². The lowest BCUT2D eigenvalue weighted by Gasteiger charge is -2.19. The van der Waals surface area contributed by atoms with Crippen LogP contribution in [0, 0.1) is 0 Å². The topological polar surface area (TPSA) is 81.7 Å². The third kappa shape index (κ3) is 8.17. The summed E-state index contributed by atoms with van der Waals surface area (Å²) in [4.78, 5) is 35.5. The van der Waals surface area contributed by atoms with Gasteiger partial charge in [0.15, 0.2) is 5.78 Å². The van der Waals surface area contributed by atoms with Gasteiger partial charge in [0.2, 0.25) is 0 Å². The van der Waals surface area contributed by atoms with Crippen molar-refractivity contribution >= 4 is 17.8 Å². The van der Waals surface area contributed by atoms with Crippen LogP contribution in [0.1, 0.15) is 44.0 Å². The van der Waals surface area contributed by atoms with Gasteiger partial charge in [-0.15, -0.1) is 0 Å². The van der Waals surface area contributed by atoms with Gasteiger partial charge >= 0.3 is 12.1 Å². The Bertz CT molecular complexity index is 823. The molecule has 0 bridgehead atoms. The first-order valence-electron chi connectivity index (χ1n) is 9.56. The molecule has 0 unspecified atom stereocenters. The summed E-state index contributed by atoms with van der Waals surface area (Å²) in [5, 5.41) is 2.50. The van der Waals surface area contributed by atoms with Crippen LogP contribution in [0.5, 0.6) is 0 Å². The molecule has 0 fully saturated rings. The fraction of sp³-hybridized carbons (Fsp3) is 0.348. The molecule has 0 aromatic heterocycles. The molecule has 1 amide bonds. The third-order valence-electron chi connectivity index (χ3n) is 3.90. The number of Topliss-reactive ketones (excluding diaryl/α,β-unsaturated/α-hetero) is 1. The van der Waals surface area contributed by atoms with Crippen LogP contribution in [-0.2, 0) is 14.3 Å². The lowest BCUT2D eigenvalue weighted by Crippen LogP contribution is -2.34. The van der Waals surface area contributed by atoms with E-state index < -0.39 is 17.7 Å². The zero-order valence-corrected chi connectivity index (χ0v) is 17.1. The average molecular weight is 397 g/mol. The maximum atomic E-state index is 12.3. The van der Waals surface area contributed by atoms with Gasteiger partial charge in [-0.05, 0) is 31.9 Å². The van der Waals surface area contributed by atoms with Crippen LogP contribution in [0.25, 0.3) is 11.1 Å². The number of nitrogens with one attached hydrogen (secondary N) is 1. The molecular weight excluding hydrogens is 370 g/mol. The van der Waals surface area contributed by atoms with Crippen LogP contribution >= 0.6 is 0 Å². The van der Waals surface area contributed by atoms with Crippen molar-refractivity contribution < 1.29 is 23.9 Å². The Balaban J connectivity index is 1.69. The number of rotatable bonds is 8. The Morgan fingerprint density at radius 2 is 1.48 bits per heavy atom. The monoisotopic (exact) mass is 397 g/mol. The highest BCUT2D eigenvalue weighted by Gasteiger charge is 2.16. The number of ether oxygens (including phenoxy) is 2. The van der Waals surface area contributed by atoms with Gasteiger partial charge in [0.1, 0.15) is 12.2 Å². The molecule has 0 atom stereocenters. The Morgan fingerprint density at radius 3 is 2.10 bits per heavy atom. The highest BCUT2D eigenvalue weighted by Crippen LogP contribution is 2.20. The van der Waals surface area contributed by atoms with Gasteiger partial charge in [-0.1, -0.05) is 54.6 Å². The molecular formula is C23H27NO5. The van der Waals surface area contributed by atoms with Crippen LogP contribution in [-0.4, -0.2) is 36.6 Å². The first-order valence-corrected chi connectivity index (χ1v) is 9.56. The number of hydrogen-bond donors (Lipinski definition) is 1. The van der Waals surface area contributed by atoms with Crippen molar-refractivity contribution in [2.45, 2.75) is 39.2 Å². The highest BCUT2D eigenvalue weighted by atomic mass is 16.6. The van der Waals surface area contributed by atoms with E-state index in [0.29, 0.717) is 5.56 Å². The Labute approximate surface area is 171 Å². The van der Waals surface area contributed by atoms with Crippen molar-refractivity contribution in [1.29, 1.82) is 0 Å². The quantitative estimate of drug-likeness (QED) is 0.406. The predicted molar refractivity (Wildman–Crippen MR) is 111 cm³/mol. The molecule has 0 aliphatic carbocycles. The van der Waals surface area contributed by atoms with E-state index in [9.17, 15) is 14.4 Å². The van der Waals surface area contributed by atoms with Crippen molar-refractivity contribution in [3.63, 3.8) is 0 Å². The van der Waals surface area contributed by atoms with E-state index in [1.807, 2.05) is 42.5 Å². The molecule has 0 radical (unpaired) electrons. The summed E-state index contributed by atoms with van der Waals surface area (Å²) in [5.74, 6) is -0.598. The van der Waals surface area contributed by atoms with Crippen molar-refractivity contribution in [3.8, 4) is 11.1 Å². The molecule has 0 spiro atoms. The van der Waals surface area contributed by atoms with Crippen LogP contribution in [0.4, 0.5) is 4.79 Å². The van der Waals surface area contributed by atoms with Gasteiger partial charge in [0.05, 0.1) is 13.0 Å². The summed E-state index contributed by atoms with van der Waals surface area (Å²) in [5.41, 5.74) is 2.08. The molecule has 0 heterocycles. The summed E-state index contributed by atoms with van der Waals surface area (Å²) in [7, 11) is 0. The van der Waals surface area contributed by atoms with Crippen molar-refractivity contribution in [1.82, 2.24) is 5.32 Å². The van der Waals surface area contributed by atoms with Gasteiger partial charge in [0, 0.05) is 12.0 Å². The van der Waals surface area contributed by atoms with Crippen LogP contribution in [0.2, 0.25) is 0 Å². The van der Waals surface area contributed by atoms with Crippen molar-refractivity contribution in [2.24, 2.45) is 0 Å². The number of amides is 1. The maximum Gasteiger partial charge on any atom is 0.407 e. The van der Waals surface area contributed by atoms with Gasteiger partial charge in [0.25, 0.3) is 0 Å². The molecule has 0 aliphatic rings. The third-order valence-corrected chi connectivity index (χ3v) is 3.90. The van der Waals surface area contributed by atoms with E-state index in [4.69, 9.17) is 9.47 Å². The minimum atomic E-state index is -0.583. The van der Waals surface area contributed by atoms with Gasteiger partial charge < -0.3 is 14.8 Å². The summed E-state index contributed by atoms with van der Waals surface area (Å²) in [6.45, 7) is 5.46. The number of carbonyl (C=O) groups excluding carboxylic acids is 3. The summed E-state index contributed by atoms with van der Waals surface area (Å²) < 4.78 is 10.1. The Kier molecular flexibility index (Phi) is 7.95. The average Bonchev–Trinajstić information content (AvgIpc) is 2.69. The number of esters is 1. The zero-order valence-electron chi connectivity index (χ0n) is 17.1. The first kappa shape index (κ1) is 22.1. The van der Waals surface area contributed by atoms with Crippen LogP contribution < -0.4 is 5.32 Å². The molecule has 0 saturated heterocycles. The van der Waals surface area contributed by atoms with Crippen LogP contribution in [0.3, 0.4) is 0 Å². The lowest BCUT2D eigenvalue weighted by molar-refractivity contribution is -0.143. The molecule has 154 valence electrons. The Morgan fingerprint density at radius 1 is 0.862 bits per heavy atom. The summed E-state index contributed by atoms with van der Waals surface area (Å²) in [6.07, 6.45) is -0.503. The highest BCUT2D eigenvalue weighted by molar-refractivity contribution is 5.97. The van der Waals surface area contributed by atoms with E-state index in [1.54, 1.807) is 32.9 Å². The minimum Gasteiger partial charge on any atom is -0.464 e. The molecule has 2 aromatic rings. The van der Waals surface area contributed by atoms with Crippen molar-refractivity contribution in [3.05, 3.63) is 60.2 Å². The van der Waals surface area contributed by atoms with E-state index in [2.05, 4.69) is 5.32 Å². The fourth-order valence-electron chi connectivity index (χ4n) is 2.54. The molecule has 6 nitrogen and oxygen atoms in total. The standard InChI is InChI=1S/C23H27NO5/c1-23(2,3)29-22(27)24-15-16-28-21(26)14-13-20(25)19-11-9-18(10-12-19)17-7-5-4-6-8-17/h4-12H,13-16H2,1-3H3,(H,24,27). The number of ketones is 1. The number of alkyl carbamates (subject to hydrolysis) is 1. The minimum absolute atomic E-state index is 0.00823. The molecule has 0 aliphatic heterocycles. The number of benzene rings is 2. The maximum absolute atomic E-state index is 12.3. The van der Waals surface area contributed by atoms with E-state index >= 15 is 0 Å². The molecule has 6 heteroatoms. The predicted octanol–water partition coefficient (Wildman–Crippen LogP) is 4.38. The lowest BCUT2D eigenvalue weighted by atomic mass is 10.0. The zero-order chi connectivity index (χ0) is 21.3. The second-order valence-electron chi connectivity index (χ2n) is 7.52. The molecule has 0 saturated carbocycles. The Hall–Kier alpha value is -3.15. The smallest absolute Gasteiger partial charge is 0.407 e. The normalized spacial score (nSPS) is 10.9. The number of hydrogen-bond acceptors (Lipinski definition) is 5. The fourth-order valence-corrected chi connectivity index (χ4v) is 2.54. The van der Waals surface area contributed by atoms with Gasteiger partial charge in [-0.2, -0.15) is 0 Å². The van der Waals surface area contributed by atoms with Crippen LogP contribution in [0.15, 0.2) is 54.6 Å². The van der Waals surface area contributed by atoms with E-state index in [1.165, 1.54) is 0 Å². The summed E-state index contributed by atoms with van der Waals surface area (Å²) in [6, 6.07) is 17.2. The molecule has 2 aromatic carbocycles. The second kappa shape index (κ2) is 10.4. The SMILES string of the molecule is CC(C)(C)OC(=O)NCCOC(=O)CCC(=O)c1ccc(-c2ccccc2)cc1. The largest absolute Gasteiger partial charge is 0.464 e. The molecule has 2 rings (SSSR count). The summed E-state index contributed by atoms with van der Waals surface area (Å²) >= 11 is 0. The number of carbonyl (C=O) groups is 3. The van der Waals surface area contributed by atoms with E-state index in [-0.39, 0.29) is 31.8 Å².